The predicted octanol–water partition coefficient (Wildman–Crippen LogP) is 1.20. The Balaban J connectivity index is 1.57. The van der Waals surface area contributed by atoms with E-state index in [2.05, 4.69) is 9.88 Å². The fourth-order valence-corrected chi connectivity index (χ4v) is 2.78. The highest BCUT2D eigenvalue weighted by Gasteiger charge is 2.34. The number of amides is 1. The summed E-state index contributed by atoms with van der Waals surface area (Å²) >= 11 is 1.67. The van der Waals surface area contributed by atoms with Crippen molar-refractivity contribution >= 4 is 22.4 Å². The van der Waals surface area contributed by atoms with Gasteiger partial charge in [0.15, 0.2) is 5.13 Å². The smallest absolute Gasteiger partial charge is 0.225 e. The number of rotatable bonds is 2. The number of thiazole rings is 1. The van der Waals surface area contributed by atoms with E-state index in [9.17, 15) is 4.79 Å². The van der Waals surface area contributed by atoms with Crippen molar-refractivity contribution in [2.45, 2.75) is 12.8 Å². The Morgan fingerprint density at radius 2 is 2.06 bits per heavy atom. The number of anilines is 1. The van der Waals surface area contributed by atoms with Gasteiger partial charge in [0.25, 0.3) is 0 Å². The zero-order valence-electron chi connectivity index (χ0n) is 9.13. The second-order valence-corrected chi connectivity index (χ2v) is 5.27. The first kappa shape index (κ1) is 10.1. The van der Waals surface area contributed by atoms with Crippen LogP contribution in [0.1, 0.15) is 12.8 Å². The molecule has 0 bridgehead atoms. The topological polar surface area (TPSA) is 36.4 Å². The summed E-state index contributed by atoms with van der Waals surface area (Å²) in [5.74, 6) is 0.727. The lowest BCUT2D eigenvalue weighted by Crippen LogP contribution is -2.49. The van der Waals surface area contributed by atoms with E-state index < -0.39 is 0 Å². The van der Waals surface area contributed by atoms with Crippen LogP contribution in [0.4, 0.5) is 5.13 Å². The molecule has 0 atom stereocenters. The Bertz CT molecular complexity index is 367. The number of hydrogen-bond donors (Lipinski definition) is 0. The number of hydrogen-bond acceptors (Lipinski definition) is 4. The van der Waals surface area contributed by atoms with Gasteiger partial charge in [0.1, 0.15) is 0 Å². The van der Waals surface area contributed by atoms with Crippen LogP contribution in [-0.4, -0.2) is 42.0 Å². The Hall–Kier alpha value is -1.10. The van der Waals surface area contributed by atoms with Crippen LogP contribution in [0.5, 0.6) is 0 Å². The van der Waals surface area contributed by atoms with Crippen LogP contribution in [0.2, 0.25) is 0 Å². The van der Waals surface area contributed by atoms with Gasteiger partial charge in [0.2, 0.25) is 5.91 Å². The first-order valence-corrected chi connectivity index (χ1v) is 6.66. The lowest BCUT2D eigenvalue weighted by molar-refractivity contribution is -0.132. The molecule has 0 aromatic carbocycles. The van der Waals surface area contributed by atoms with Crippen LogP contribution in [0.15, 0.2) is 11.6 Å². The van der Waals surface area contributed by atoms with Gasteiger partial charge in [-0.2, -0.15) is 0 Å². The second-order valence-electron chi connectivity index (χ2n) is 4.40. The molecule has 5 heteroatoms. The van der Waals surface area contributed by atoms with Crippen LogP contribution >= 0.6 is 11.3 Å². The summed E-state index contributed by atoms with van der Waals surface area (Å²) in [5, 5.41) is 3.08. The molecule has 0 N–H and O–H groups in total. The standard InChI is InChI=1S/C11H15N3OS/c15-10(9-1-2-9)13-4-6-14(7-5-13)11-12-3-8-16-11/h3,8-9H,1-2,4-7H2. The molecular formula is C11H15N3OS. The van der Waals surface area contributed by atoms with E-state index >= 15 is 0 Å². The first-order chi connectivity index (χ1) is 7.84. The number of carbonyl (C=O) groups is 1. The van der Waals surface area contributed by atoms with Crippen molar-refractivity contribution in [3.63, 3.8) is 0 Å². The summed E-state index contributed by atoms with van der Waals surface area (Å²) in [6.45, 7) is 3.56. The van der Waals surface area contributed by atoms with Crippen LogP contribution in [0, 0.1) is 5.92 Å². The van der Waals surface area contributed by atoms with Crippen molar-refractivity contribution < 1.29 is 4.79 Å². The Morgan fingerprint density at radius 3 is 2.62 bits per heavy atom. The van der Waals surface area contributed by atoms with Crippen LogP contribution in [-0.2, 0) is 4.79 Å². The molecule has 2 fully saturated rings. The van der Waals surface area contributed by atoms with Crippen molar-refractivity contribution in [1.82, 2.24) is 9.88 Å². The summed E-state index contributed by atoms with van der Waals surface area (Å²) in [6, 6.07) is 0. The normalized spacial score (nSPS) is 21.2. The van der Waals surface area contributed by atoms with E-state index in [1.165, 1.54) is 0 Å². The quantitative estimate of drug-likeness (QED) is 0.775. The maximum atomic E-state index is 11.8. The summed E-state index contributed by atoms with van der Waals surface area (Å²) in [7, 11) is 0. The summed E-state index contributed by atoms with van der Waals surface area (Å²) in [4.78, 5) is 20.4. The highest BCUT2D eigenvalue weighted by Crippen LogP contribution is 2.31. The molecule has 1 aliphatic heterocycles. The summed E-state index contributed by atoms with van der Waals surface area (Å²) in [6.07, 6.45) is 4.04. The molecule has 1 aliphatic carbocycles. The third-order valence-corrected chi connectivity index (χ3v) is 4.04. The maximum absolute atomic E-state index is 11.8. The third kappa shape index (κ3) is 1.91. The highest BCUT2D eigenvalue weighted by molar-refractivity contribution is 7.13. The number of nitrogens with zero attached hydrogens (tertiary/aromatic N) is 3. The largest absolute Gasteiger partial charge is 0.345 e. The van der Waals surface area contributed by atoms with Crippen molar-refractivity contribution in [2.24, 2.45) is 5.92 Å². The summed E-state index contributed by atoms with van der Waals surface area (Å²) in [5.41, 5.74) is 0. The van der Waals surface area contributed by atoms with Gasteiger partial charge in [-0.1, -0.05) is 0 Å². The molecule has 2 aliphatic rings. The van der Waals surface area contributed by atoms with Gasteiger partial charge in [-0.05, 0) is 12.8 Å². The third-order valence-electron chi connectivity index (χ3n) is 3.21. The molecule has 0 radical (unpaired) electrons. The van der Waals surface area contributed by atoms with E-state index in [0.29, 0.717) is 11.8 Å². The van der Waals surface area contributed by atoms with Crippen molar-refractivity contribution in [1.29, 1.82) is 0 Å². The molecule has 2 heterocycles. The fraction of sp³-hybridized carbons (Fsp3) is 0.636. The first-order valence-electron chi connectivity index (χ1n) is 5.78. The van der Waals surface area contributed by atoms with E-state index in [0.717, 1.165) is 44.2 Å². The van der Waals surface area contributed by atoms with Gasteiger partial charge in [-0.15, -0.1) is 11.3 Å². The Kier molecular flexibility index (Phi) is 2.55. The van der Waals surface area contributed by atoms with Crippen molar-refractivity contribution in [3.8, 4) is 0 Å². The Morgan fingerprint density at radius 1 is 1.31 bits per heavy atom. The maximum Gasteiger partial charge on any atom is 0.225 e. The average Bonchev–Trinajstić information content (AvgIpc) is 3.04. The monoisotopic (exact) mass is 237 g/mol. The summed E-state index contributed by atoms with van der Waals surface area (Å²) < 4.78 is 0. The molecule has 1 aromatic heterocycles. The lowest BCUT2D eigenvalue weighted by Gasteiger charge is -2.34. The van der Waals surface area contributed by atoms with Gasteiger partial charge in [-0.25, -0.2) is 4.98 Å². The predicted molar refractivity (Wildman–Crippen MR) is 63.6 cm³/mol. The second kappa shape index (κ2) is 4.05. The highest BCUT2D eigenvalue weighted by atomic mass is 32.1. The molecule has 0 unspecified atom stereocenters. The SMILES string of the molecule is O=C(C1CC1)N1CCN(c2nccs2)CC1. The molecule has 1 amide bonds. The average molecular weight is 237 g/mol. The number of piperazine rings is 1. The van der Waals surface area contributed by atoms with E-state index in [1.54, 1.807) is 11.3 Å². The minimum Gasteiger partial charge on any atom is -0.345 e. The minimum absolute atomic E-state index is 0.353. The van der Waals surface area contributed by atoms with Crippen molar-refractivity contribution in [2.75, 3.05) is 31.1 Å². The zero-order chi connectivity index (χ0) is 11.0. The molecule has 1 saturated heterocycles. The molecular weight excluding hydrogens is 222 g/mol. The van der Waals surface area contributed by atoms with E-state index in [4.69, 9.17) is 0 Å². The molecule has 4 nitrogen and oxygen atoms in total. The lowest BCUT2D eigenvalue weighted by atomic mass is 10.3. The van der Waals surface area contributed by atoms with E-state index in [-0.39, 0.29) is 0 Å². The van der Waals surface area contributed by atoms with Gasteiger partial charge in [0, 0.05) is 43.7 Å². The van der Waals surface area contributed by atoms with Gasteiger partial charge in [-0.3, -0.25) is 4.79 Å². The zero-order valence-corrected chi connectivity index (χ0v) is 9.95. The van der Waals surface area contributed by atoms with Crippen molar-refractivity contribution in [3.05, 3.63) is 11.6 Å². The van der Waals surface area contributed by atoms with E-state index in [1.807, 2.05) is 16.5 Å². The molecule has 16 heavy (non-hydrogen) atoms. The molecule has 3 rings (SSSR count). The minimum atomic E-state index is 0.353. The van der Waals surface area contributed by atoms with Crippen LogP contribution in [0.25, 0.3) is 0 Å². The molecule has 1 saturated carbocycles. The van der Waals surface area contributed by atoms with Gasteiger partial charge < -0.3 is 9.80 Å². The molecule has 86 valence electrons. The number of aromatic nitrogens is 1. The number of carbonyl (C=O) groups excluding carboxylic acids is 1. The van der Waals surface area contributed by atoms with Gasteiger partial charge in [0.05, 0.1) is 0 Å². The molecule has 0 spiro atoms. The van der Waals surface area contributed by atoms with Crippen LogP contribution in [0.3, 0.4) is 0 Å². The van der Waals surface area contributed by atoms with Crippen LogP contribution < -0.4 is 4.90 Å². The Labute approximate surface area is 98.9 Å². The van der Waals surface area contributed by atoms with Gasteiger partial charge >= 0.3 is 0 Å². The molecule has 1 aromatic rings. The fourth-order valence-electron chi connectivity index (χ4n) is 2.08.